The van der Waals surface area contributed by atoms with E-state index in [-0.39, 0.29) is 34.9 Å². The van der Waals surface area contributed by atoms with Crippen LogP contribution in [0.4, 0.5) is 11.4 Å². The number of allylic oxidation sites excluding steroid dienone is 2. The number of para-hydroxylation sites is 1. The Morgan fingerprint density at radius 1 is 1.07 bits per heavy atom. The van der Waals surface area contributed by atoms with Crippen molar-refractivity contribution < 1.29 is 14.4 Å². The first-order valence-electron chi connectivity index (χ1n) is 9.25. The van der Waals surface area contributed by atoms with E-state index in [0.717, 1.165) is 10.5 Å². The quantitative estimate of drug-likeness (QED) is 0.546. The van der Waals surface area contributed by atoms with Gasteiger partial charge in [-0.1, -0.05) is 47.0 Å². The van der Waals surface area contributed by atoms with E-state index in [4.69, 9.17) is 23.2 Å². The van der Waals surface area contributed by atoms with Crippen molar-refractivity contribution in [2.24, 2.45) is 11.8 Å². The average molecular weight is 429 g/mol. The van der Waals surface area contributed by atoms with Gasteiger partial charge < -0.3 is 5.32 Å². The molecule has 2 aliphatic rings. The Morgan fingerprint density at radius 2 is 1.79 bits per heavy atom. The van der Waals surface area contributed by atoms with E-state index < -0.39 is 5.91 Å². The van der Waals surface area contributed by atoms with E-state index >= 15 is 0 Å². The number of carbonyl (C=O) groups is 3. The molecule has 0 bridgehead atoms. The third-order valence-corrected chi connectivity index (χ3v) is 5.95. The lowest BCUT2D eigenvalue weighted by Gasteiger charge is -2.19. The van der Waals surface area contributed by atoms with Gasteiger partial charge in [-0.3, -0.25) is 14.4 Å². The molecule has 2 aromatic rings. The van der Waals surface area contributed by atoms with E-state index in [1.807, 2.05) is 13.0 Å². The molecule has 1 aliphatic heterocycles. The van der Waals surface area contributed by atoms with Crippen LogP contribution in [0.25, 0.3) is 0 Å². The highest BCUT2D eigenvalue weighted by Gasteiger charge is 2.49. The Bertz CT molecular complexity index is 1060. The van der Waals surface area contributed by atoms with Crippen molar-refractivity contribution in [3.05, 3.63) is 69.7 Å². The van der Waals surface area contributed by atoms with E-state index in [1.54, 1.807) is 42.5 Å². The normalized spacial score (nSPS) is 21.1. The van der Waals surface area contributed by atoms with Gasteiger partial charge in [0, 0.05) is 5.02 Å². The Morgan fingerprint density at radius 3 is 2.59 bits per heavy atom. The number of imide groups is 1. The third kappa shape index (κ3) is 3.56. The molecule has 0 radical (unpaired) electrons. The van der Waals surface area contributed by atoms with Crippen molar-refractivity contribution in [2.75, 3.05) is 10.2 Å². The van der Waals surface area contributed by atoms with Crippen LogP contribution in [0.5, 0.6) is 0 Å². The molecule has 2 atom stereocenters. The molecule has 5 nitrogen and oxygen atoms in total. The fraction of sp³-hybridized carbons (Fsp3) is 0.227. The number of benzene rings is 2. The highest BCUT2D eigenvalue weighted by Crippen LogP contribution is 2.40. The molecule has 2 aromatic carbocycles. The summed E-state index contributed by atoms with van der Waals surface area (Å²) in [6.07, 6.45) is 3.12. The number of fused-ring (bicyclic) bond motifs is 1. The molecule has 0 aromatic heterocycles. The highest BCUT2D eigenvalue weighted by atomic mass is 35.5. The van der Waals surface area contributed by atoms with Crippen LogP contribution in [-0.4, -0.2) is 17.7 Å². The zero-order valence-electron chi connectivity index (χ0n) is 15.6. The van der Waals surface area contributed by atoms with Crippen molar-refractivity contribution in [2.45, 2.75) is 19.8 Å². The van der Waals surface area contributed by atoms with Gasteiger partial charge in [-0.05, 0) is 50.1 Å². The highest BCUT2D eigenvalue weighted by molar-refractivity contribution is 6.36. The Labute approximate surface area is 178 Å². The van der Waals surface area contributed by atoms with Gasteiger partial charge in [0.2, 0.25) is 11.8 Å². The van der Waals surface area contributed by atoms with Gasteiger partial charge >= 0.3 is 0 Å². The minimum atomic E-state index is -0.477. The minimum Gasteiger partial charge on any atom is -0.321 e. The zero-order valence-corrected chi connectivity index (χ0v) is 17.1. The summed E-state index contributed by atoms with van der Waals surface area (Å²) in [5, 5.41) is 3.48. The third-order valence-electron chi connectivity index (χ3n) is 5.39. The molecular weight excluding hydrogens is 411 g/mol. The standard InChI is InChI=1S/C22H18Cl2N2O3/c1-12-6-8-14-16(10-12)22(29)26(21(14)28)19-5-3-2-4-15(19)20(27)25-18-11-13(23)7-9-17(18)24/h2-7,9,11,14,16H,8,10H2,1H3,(H,25,27)/t14-,16-/m1/s1. The van der Waals surface area contributed by atoms with Crippen molar-refractivity contribution in [3.8, 4) is 0 Å². The summed E-state index contributed by atoms with van der Waals surface area (Å²) in [7, 11) is 0. The summed E-state index contributed by atoms with van der Waals surface area (Å²) < 4.78 is 0. The van der Waals surface area contributed by atoms with Crippen LogP contribution in [0.1, 0.15) is 30.1 Å². The number of rotatable bonds is 3. The fourth-order valence-corrected chi connectivity index (χ4v) is 4.26. The van der Waals surface area contributed by atoms with E-state index in [1.165, 1.54) is 0 Å². The smallest absolute Gasteiger partial charge is 0.257 e. The number of amides is 3. The number of hydrogen-bond acceptors (Lipinski definition) is 3. The number of nitrogens with one attached hydrogen (secondary N) is 1. The molecule has 1 N–H and O–H groups in total. The predicted molar refractivity (Wildman–Crippen MR) is 113 cm³/mol. The zero-order chi connectivity index (χ0) is 20.7. The lowest BCUT2D eigenvalue weighted by molar-refractivity contribution is -0.122. The van der Waals surface area contributed by atoms with Crippen LogP contribution in [0.2, 0.25) is 10.0 Å². The summed E-state index contributed by atoms with van der Waals surface area (Å²) in [6, 6.07) is 11.3. The minimum absolute atomic E-state index is 0.216. The largest absolute Gasteiger partial charge is 0.321 e. The molecule has 7 heteroatoms. The van der Waals surface area contributed by atoms with Crippen LogP contribution in [-0.2, 0) is 9.59 Å². The van der Waals surface area contributed by atoms with Gasteiger partial charge in [0.15, 0.2) is 0 Å². The van der Waals surface area contributed by atoms with Crippen molar-refractivity contribution in [1.82, 2.24) is 0 Å². The van der Waals surface area contributed by atoms with Gasteiger partial charge in [0.05, 0.1) is 33.8 Å². The molecule has 1 heterocycles. The monoisotopic (exact) mass is 428 g/mol. The molecule has 0 saturated carbocycles. The molecule has 0 spiro atoms. The number of nitrogens with zero attached hydrogens (tertiary/aromatic N) is 1. The lowest BCUT2D eigenvalue weighted by atomic mass is 9.82. The topological polar surface area (TPSA) is 66.5 Å². The average Bonchev–Trinajstić information content (AvgIpc) is 2.94. The second kappa shape index (κ2) is 7.65. The number of anilines is 2. The van der Waals surface area contributed by atoms with Crippen LogP contribution < -0.4 is 10.2 Å². The van der Waals surface area contributed by atoms with Crippen molar-refractivity contribution in [3.63, 3.8) is 0 Å². The molecule has 1 saturated heterocycles. The lowest BCUT2D eigenvalue weighted by Crippen LogP contribution is -2.33. The van der Waals surface area contributed by atoms with Gasteiger partial charge in [-0.2, -0.15) is 0 Å². The molecule has 0 unspecified atom stereocenters. The second-order valence-corrected chi connectivity index (χ2v) is 8.15. The summed E-state index contributed by atoms with van der Waals surface area (Å²) in [5.41, 5.74) is 1.96. The van der Waals surface area contributed by atoms with Gasteiger partial charge in [-0.15, -0.1) is 0 Å². The molecule has 1 aliphatic carbocycles. The van der Waals surface area contributed by atoms with Gasteiger partial charge in [-0.25, -0.2) is 4.90 Å². The molecular formula is C22H18Cl2N2O3. The number of hydrogen-bond donors (Lipinski definition) is 1. The van der Waals surface area contributed by atoms with Crippen LogP contribution in [0, 0.1) is 11.8 Å². The summed E-state index contributed by atoms with van der Waals surface area (Å²) in [5.74, 6) is -1.73. The Balaban J connectivity index is 1.67. The van der Waals surface area contributed by atoms with Gasteiger partial charge in [0.1, 0.15) is 0 Å². The summed E-state index contributed by atoms with van der Waals surface area (Å²) >= 11 is 12.1. The number of carbonyl (C=O) groups excluding carboxylic acids is 3. The van der Waals surface area contributed by atoms with Crippen LogP contribution >= 0.6 is 23.2 Å². The Hall–Kier alpha value is -2.63. The fourth-order valence-electron chi connectivity index (χ4n) is 3.92. The predicted octanol–water partition coefficient (Wildman–Crippen LogP) is 5.09. The van der Waals surface area contributed by atoms with Crippen molar-refractivity contribution >= 4 is 52.3 Å². The maximum Gasteiger partial charge on any atom is 0.257 e. The SMILES string of the molecule is CC1=CC[C@H]2C(=O)N(c3ccccc3C(=O)Nc3cc(Cl)ccc3Cl)C(=O)[C@@H]2C1. The first-order chi connectivity index (χ1) is 13.9. The second-order valence-electron chi connectivity index (χ2n) is 7.31. The molecule has 3 amide bonds. The maximum absolute atomic E-state index is 13.0. The maximum atomic E-state index is 13.0. The molecule has 1 fully saturated rings. The van der Waals surface area contributed by atoms with Crippen LogP contribution in [0.3, 0.4) is 0 Å². The van der Waals surface area contributed by atoms with Crippen molar-refractivity contribution in [1.29, 1.82) is 0 Å². The molecule has 148 valence electrons. The first kappa shape index (κ1) is 19.7. The van der Waals surface area contributed by atoms with Gasteiger partial charge in [0.25, 0.3) is 5.91 Å². The molecule has 4 rings (SSSR count). The summed E-state index contributed by atoms with van der Waals surface area (Å²) in [4.78, 5) is 40.2. The summed E-state index contributed by atoms with van der Waals surface area (Å²) in [6.45, 7) is 1.97. The van der Waals surface area contributed by atoms with E-state index in [2.05, 4.69) is 5.32 Å². The first-order valence-corrected chi connectivity index (χ1v) is 10.0. The van der Waals surface area contributed by atoms with E-state index in [0.29, 0.717) is 28.6 Å². The van der Waals surface area contributed by atoms with Crippen LogP contribution in [0.15, 0.2) is 54.1 Å². The Kier molecular flexibility index (Phi) is 5.19. The number of halogens is 2. The van der Waals surface area contributed by atoms with E-state index in [9.17, 15) is 14.4 Å². The molecule has 29 heavy (non-hydrogen) atoms.